The number of nitrogens with one attached hydrogen (secondary N) is 1. The van der Waals surface area contributed by atoms with E-state index in [1.54, 1.807) is 0 Å². The van der Waals surface area contributed by atoms with Crippen LogP contribution in [0, 0.1) is 5.92 Å². The van der Waals surface area contributed by atoms with Crippen molar-refractivity contribution in [2.75, 3.05) is 11.9 Å². The van der Waals surface area contributed by atoms with E-state index in [1.165, 1.54) is 17.3 Å². The normalized spacial score (nSPS) is 22.9. The Morgan fingerprint density at radius 3 is 2.89 bits per heavy atom. The highest BCUT2D eigenvalue weighted by molar-refractivity contribution is 5.91. The zero-order valence-electron chi connectivity index (χ0n) is 10.5. The molecule has 2 atom stereocenters. The summed E-state index contributed by atoms with van der Waals surface area (Å²) in [5.74, 6) is -0.635. The van der Waals surface area contributed by atoms with Gasteiger partial charge >= 0.3 is 12.0 Å². The van der Waals surface area contributed by atoms with Gasteiger partial charge in [0.2, 0.25) is 0 Å². The highest BCUT2D eigenvalue weighted by Gasteiger charge is 2.35. The van der Waals surface area contributed by atoms with Crippen LogP contribution >= 0.6 is 0 Å². The second kappa shape index (κ2) is 5.59. The average Bonchev–Trinajstić information content (AvgIpc) is 2.39. The summed E-state index contributed by atoms with van der Waals surface area (Å²) >= 11 is 0. The Hall–Kier alpha value is -2.25. The summed E-state index contributed by atoms with van der Waals surface area (Å²) in [6.07, 6.45) is 4.02. The molecule has 0 aromatic carbocycles. The summed E-state index contributed by atoms with van der Waals surface area (Å²) in [5, 5.41) is 18.8. The second-order valence-electron chi connectivity index (χ2n) is 4.57. The molecular formula is C11H15N5O3. The van der Waals surface area contributed by atoms with Crippen molar-refractivity contribution in [1.29, 1.82) is 0 Å². The van der Waals surface area contributed by atoms with Gasteiger partial charge in [0.1, 0.15) is 6.04 Å². The van der Waals surface area contributed by atoms with Gasteiger partial charge in [-0.25, -0.2) is 14.6 Å². The number of nitrogens with zero attached hydrogens (tertiary/aromatic N) is 4. The molecule has 1 aliphatic heterocycles. The molecule has 19 heavy (non-hydrogen) atoms. The summed E-state index contributed by atoms with van der Waals surface area (Å²) in [6.45, 7) is 2.39. The number of carboxylic acid groups (broad SMARTS) is 1. The molecule has 0 bridgehead atoms. The molecule has 2 N–H and O–H groups in total. The van der Waals surface area contributed by atoms with Crippen LogP contribution in [0.15, 0.2) is 12.4 Å². The molecule has 2 rings (SSSR count). The van der Waals surface area contributed by atoms with Crippen molar-refractivity contribution < 1.29 is 14.7 Å². The van der Waals surface area contributed by atoms with Gasteiger partial charge < -0.3 is 10.0 Å². The maximum atomic E-state index is 12.0. The molecule has 0 spiro atoms. The molecule has 8 nitrogen and oxygen atoms in total. The van der Waals surface area contributed by atoms with Crippen molar-refractivity contribution in [3.05, 3.63) is 12.4 Å². The van der Waals surface area contributed by atoms with Gasteiger partial charge in [-0.2, -0.15) is 5.10 Å². The fraction of sp³-hybridized carbons (Fsp3) is 0.545. The molecule has 2 heterocycles. The number of carbonyl (C=O) groups excluding carboxylic acids is 1. The number of aromatic nitrogens is 3. The maximum absolute atomic E-state index is 12.0. The van der Waals surface area contributed by atoms with Crippen molar-refractivity contribution in [3.8, 4) is 0 Å². The molecule has 1 saturated heterocycles. The number of amides is 2. The Morgan fingerprint density at radius 2 is 2.26 bits per heavy atom. The zero-order valence-corrected chi connectivity index (χ0v) is 10.5. The largest absolute Gasteiger partial charge is 0.480 e. The van der Waals surface area contributed by atoms with E-state index in [0.717, 1.165) is 6.42 Å². The highest BCUT2D eigenvalue weighted by atomic mass is 16.4. The molecule has 0 aliphatic carbocycles. The lowest BCUT2D eigenvalue weighted by molar-refractivity contribution is -0.143. The molecule has 8 heteroatoms. The molecule has 102 valence electrons. The summed E-state index contributed by atoms with van der Waals surface area (Å²) in [6, 6.07) is -1.31. The number of likely N-dealkylation sites (tertiary alicyclic amines) is 1. The summed E-state index contributed by atoms with van der Waals surface area (Å²) in [7, 11) is 0. The third-order valence-corrected chi connectivity index (χ3v) is 3.11. The van der Waals surface area contributed by atoms with Gasteiger partial charge in [0.05, 0.1) is 12.4 Å². The lowest BCUT2D eigenvalue weighted by Gasteiger charge is -2.35. The quantitative estimate of drug-likeness (QED) is 0.810. The van der Waals surface area contributed by atoms with Crippen LogP contribution in [0.25, 0.3) is 0 Å². The fourth-order valence-corrected chi connectivity index (χ4v) is 2.09. The summed E-state index contributed by atoms with van der Waals surface area (Å²) in [4.78, 5) is 28.4. The molecule has 2 amide bonds. The first kappa shape index (κ1) is 13.2. The van der Waals surface area contributed by atoms with Crippen LogP contribution in [-0.4, -0.2) is 49.8 Å². The lowest BCUT2D eigenvalue weighted by Crippen LogP contribution is -2.51. The van der Waals surface area contributed by atoms with Gasteiger partial charge in [-0.15, -0.1) is 5.10 Å². The number of urea groups is 1. The van der Waals surface area contributed by atoms with E-state index in [4.69, 9.17) is 0 Å². The van der Waals surface area contributed by atoms with Crippen molar-refractivity contribution in [2.24, 2.45) is 5.92 Å². The first-order valence-electron chi connectivity index (χ1n) is 6.02. The molecular weight excluding hydrogens is 250 g/mol. The predicted octanol–water partition coefficient (Wildman–Crippen LogP) is 0.589. The van der Waals surface area contributed by atoms with E-state index >= 15 is 0 Å². The first-order chi connectivity index (χ1) is 9.08. The Kier molecular flexibility index (Phi) is 3.88. The monoisotopic (exact) mass is 265 g/mol. The topological polar surface area (TPSA) is 108 Å². The second-order valence-corrected chi connectivity index (χ2v) is 4.57. The number of aliphatic carboxylic acids is 1. The van der Waals surface area contributed by atoms with Gasteiger partial charge in [0, 0.05) is 6.54 Å². The van der Waals surface area contributed by atoms with E-state index in [-0.39, 0.29) is 5.95 Å². The van der Waals surface area contributed by atoms with Gasteiger partial charge in [-0.1, -0.05) is 6.92 Å². The van der Waals surface area contributed by atoms with E-state index < -0.39 is 18.0 Å². The molecule has 1 aliphatic rings. The van der Waals surface area contributed by atoms with Crippen molar-refractivity contribution in [3.63, 3.8) is 0 Å². The standard InChI is InChI=1S/C11H15N5O3/c1-7-2-5-16(8(6-7)9(17)18)11(19)14-10-12-3-4-13-15-10/h3-4,7-8H,2,5-6H2,1H3,(H,17,18)(H,12,14,15,19). The van der Waals surface area contributed by atoms with E-state index in [0.29, 0.717) is 18.9 Å². The Labute approximate surface area is 109 Å². The van der Waals surface area contributed by atoms with Gasteiger partial charge in [0.15, 0.2) is 0 Å². The smallest absolute Gasteiger partial charge is 0.326 e. The van der Waals surface area contributed by atoms with Crippen molar-refractivity contribution >= 4 is 17.9 Å². The first-order valence-corrected chi connectivity index (χ1v) is 6.02. The lowest BCUT2D eigenvalue weighted by atomic mass is 9.93. The van der Waals surface area contributed by atoms with Crippen LogP contribution < -0.4 is 5.32 Å². The van der Waals surface area contributed by atoms with E-state index in [9.17, 15) is 14.7 Å². The number of anilines is 1. The van der Waals surface area contributed by atoms with Gasteiger partial charge in [-0.3, -0.25) is 5.32 Å². The molecule has 1 aromatic heterocycles. The van der Waals surface area contributed by atoms with Crippen LogP contribution in [0.1, 0.15) is 19.8 Å². The Bertz CT molecular complexity index is 467. The number of hydrogen-bond acceptors (Lipinski definition) is 5. The fourth-order valence-electron chi connectivity index (χ4n) is 2.09. The average molecular weight is 265 g/mol. The molecule has 0 radical (unpaired) electrons. The van der Waals surface area contributed by atoms with Crippen LogP contribution in [0.2, 0.25) is 0 Å². The number of carboxylic acids is 1. The van der Waals surface area contributed by atoms with E-state index in [1.807, 2.05) is 6.92 Å². The Balaban J connectivity index is 2.06. The van der Waals surface area contributed by atoms with Crippen LogP contribution in [0.3, 0.4) is 0 Å². The predicted molar refractivity (Wildman–Crippen MR) is 65.4 cm³/mol. The maximum Gasteiger partial charge on any atom is 0.326 e. The summed E-state index contributed by atoms with van der Waals surface area (Å²) in [5.41, 5.74) is 0. The van der Waals surface area contributed by atoms with Crippen molar-refractivity contribution in [2.45, 2.75) is 25.8 Å². The molecule has 1 aromatic rings. The van der Waals surface area contributed by atoms with Gasteiger partial charge in [-0.05, 0) is 18.8 Å². The minimum atomic E-state index is -0.992. The van der Waals surface area contributed by atoms with Crippen LogP contribution in [0.5, 0.6) is 0 Å². The molecule has 2 unspecified atom stereocenters. The third kappa shape index (κ3) is 3.15. The molecule has 1 fully saturated rings. The SMILES string of the molecule is CC1CCN(C(=O)Nc2nccnn2)C(C(=O)O)C1. The number of carbonyl (C=O) groups is 2. The third-order valence-electron chi connectivity index (χ3n) is 3.11. The summed E-state index contributed by atoms with van der Waals surface area (Å²) < 4.78 is 0. The van der Waals surface area contributed by atoms with Gasteiger partial charge in [0.25, 0.3) is 5.95 Å². The number of rotatable bonds is 2. The molecule has 0 saturated carbocycles. The van der Waals surface area contributed by atoms with Crippen molar-refractivity contribution in [1.82, 2.24) is 20.1 Å². The zero-order chi connectivity index (χ0) is 13.8. The minimum absolute atomic E-state index is 0.0651. The Morgan fingerprint density at radius 1 is 1.47 bits per heavy atom. The van der Waals surface area contributed by atoms with Crippen LogP contribution in [0.4, 0.5) is 10.7 Å². The minimum Gasteiger partial charge on any atom is -0.480 e. The number of hydrogen-bond donors (Lipinski definition) is 2. The highest BCUT2D eigenvalue weighted by Crippen LogP contribution is 2.23. The van der Waals surface area contributed by atoms with E-state index in [2.05, 4.69) is 20.5 Å². The van der Waals surface area contributed by atoms with Crippen LogP contribution in [-0.2, 0) is 4.79 Å². The number of piperidine rings is 1.